The molecule has 0 aromatic heterocycles. The van der Waals surface area contributed by atoms with Crippen LogP contribution in [0.25, 0.3) is 10.8 Å². The molecular weight excluding hydrogens is 474 g/mol. The Bertz CT molecular complexity index is 1510. The van der Waals surface area contributed by atoms with E-state index < -0.39 is 22.6 Å². The number of carbonyl (C=O) groups is 3. The minimum absolute atomic E-state index is 0.0220. The molecular formula is C28H21N3O6. The molecule has 5 rings (SSSR count). The molecule has 3 amide bonds. The van der Waals surface area contributed by atoms with Crippen LogP contribution in [-0.4, -0.2) is 47.7 Å². The molecule has 1 aliphatic heterocycles. The average Bonchev–Trinajstić information content (AvgIpc) is 2.93. The van der Waals surface area contributed by atoms with Crippen molar-refractivity contribution in [2.24, 2.45) is 0 Å². The number of benzene rings is 4. The van der Waals surface area contributed by atoms with E-state index in [-0.39, 0.29) is 24.3 Å². The highest BCUT2D eigenvalue weighted by Gasteiger charge is 2.33. The van der Waals surface area contributed by atoms with Gasteiger partial charge in [0.1, 0.15) is 5.75 Å². The van der Waals surface area contributed by atoms with E-state index in [1.807, 2.05) is 12.1 Å². The number of methoxy groups -OCH3 is 1. The van der Waals surface area contributed by atoms with Crippen LogP contribution in [0.1, 0.15) is 31.1 Å². The lowest BCUT2D eigenvalue weighted by atomic mass is 9.94. The maximum Gasteiger partial charge on any atom is 0.269 e. The molecule has 0 bridgehead atoms. The first-order valence-electron chi connectivity index (χ1n) is 11.5. The molecule has 0 spiro atoms. The summed E-state index contributed by atoms with van der Waals surface area (Å²) in [6.45, 7) is -0.0923. The highest BCUT2D eigenvalue weighted by atomic mass is 16.6. The van der Waals surface area contributed by atoms with Crippen LogP contribution < -0.4 is 9.64 Å². The summed E-state index contributed by atoms with van der Waals surface area (Å²) in [5.41, 5.74) is 1.37. The van der Waals surface area contributed by atoms with E-state index in [1.54, 1.807) is 48.5 Å². The van der Waals surface area contributed by atoms with Gasteiger partial charge < -0.3 is 9.64 Å². The largest absolute Gasteiger partial charge is 0.495 e. The van der Waals surface area contributed by atoms with Crippen molar-refractivity contribution in [1.29, 1.82) is 0 Å². The molecule has 0 aliphatic carbocycles. The third-order valence-corrected chi connectivity index (χ3v) is 6.35. The van der Waals surface area contributed by atoms with Gasteiger partial charge in [0, 0.05) is 47.3 Å². The van der Waals surface area contributed by atoms with Gasteiger partial charge in [0.25, 0.3) is 23.4 Å². The van der Waals surface area contributed by atoms with E-state index >= 15 is 0 Å². The van der Waals surface area contributed by atoms with Crippen molar-refractivity contribution in [3.05, 3.63) is 112 Å². The van der Waals surface area contributed by atoms with Crippen LogP contribution in [0.3, 0.4) is 0 Å². The molecule has 0 atom stereocenters. The molecule has 0 fully saturated rings. The van der Waals surface area contributed by atoms with Crippen LogP contribution in [0.4, 0.5) is 11.4 Å². The van der Waals surface area contributed by atoms with Crippen LogP contribution >= 0.6 is 0 Å². The SMILES string of the molecule is COc1ccccc1N(CCN1C(=O)c2cccc3cccc(c23)C1=O)C(=O)c1ccc([N+](=O)[O-])cc1. The summed E-state index contributed by atoms with van der Waals surface area (Å²) < 4.78 is 5.45. The van der Waals surface area contributed by atoms with Crippen molar-refractivity contribution in [1.82, 2.24) is 4.90 Å². The third kappa shape index (κ3) is 4.16. The average molecular weight is 495 g/mol. The summed E-state index contributed by atoms with van der Waals surface area (Å²) in [4.78, 5) is 53.3. The summed E-state index contributed by atoms with van der Waals surface area (Å²) in [6.07, 6.45) is 0. The Hall–Kier alpha value is -5.05. The molecule has 1 aliphatic rings. The minimum Gasteiger partial charge on any atom is -0.495 e. The van der Waals surface area contributed by atoms with Gasteiger partial charge in [-0.25, -0.2) is 0 Å². The van der Waals surface area contributed by atoms with Crippen LogP contribution in [0.2, 0.25) is 0 Å². The van der Waals surface area contributed by atoms with E-state index in [2.05, 4.69) is 0 Å². The quantitative estimate of drug-likeness (QED) is 0.209. The molecule has 4 aromatic carbocycles. The van der Waals surface area contributed by atoms with E-state index in [0.717, 1.165) is 10.3 Å². The Morgan fingerprint density at radius 3 is 2.11 bits per heavy atom. The second-order valence-corrected chi connectivity index (χ2v) is 8.40. The van der Waals surface area contributed by atoms with Gasteiger partial charge in [-0.3, -0.25) is 29.4 Å². The Labute approximate surface area is 211 Å². The number of amides is 3. The number of rotatable bonds is 7. The monoisotopic (exact) mass is 495 g/mol. The van der Waals surface area contributed by atoms with Crippen molar-refractivity contribution < 1.29 is 24.0 Å². The number of hydrogen-bond donors (Lipinski definition) is 0. The number of nitrogens with zero attached hydrogens (tertiary/aromatic N) is 3. The van der Waals surface area contributed by atoms with Gasteiger partial charge in [-0.1, -0.05) is 36.4 Å². The van der Waals surface area contributed by atoms with Crippen molar-refractivity contribution in [2.75, 3.05) is 25.1 Å². The zero-order valence-electron chi connectivity index (χ0n) is 19.8. The fraction of sp³-hybridized carbons (Fsp3) is 0.107. The summed E-state index contributed by atoms with van der Waals surface area (Å²) >= 11 is 0. The summed E-state index contributed by atoms with van der Waals surface area (Å²) in [5.74, 6) is -0.905. The van der Waals surface area contributed by atoms with Gasteiger partial charge in [0.2, 0.25) is 0 Å². The zero-order chi connectivity index (χ0) is 26.1. The molecule has 0 unspecified atom stereocenters. The predicted octanol–water partition coefficient (Wildman–Crippen LogP) is 4.70. The van der Waals surface area contributed by atoms with Crippen LogP contribution in [0.5, 0.6) is 5.75 Å². The van der Waals surface area contributed by atoms with Gasteiger partial charge in [-0.05, 0) is 41.8 Å². The maximum absolute atomic E-state index is 13.6. The maximum atomic E-state index is 13.6. The molecule has 0 N–H and O–H groups in total. The molecule has 37 heavy (non-hydrogen) atoms. The Kier molecular flexibility index (Phi) is 6.10. The second kappa shape index (κ2) is 9.54. The van der Waals surface area contributed by atoms with Crippen molar-refractivity contribution >= 4 is 39.9 Å². The van der Waals surface area contributed by atoms with Crippen LogP contribution in [0, 0.1) is 10.1 Å². The van der Waals surface area contributed by atoms with Crippen molar-refractivity contribution in [3.63, 3.8) is 0 Å². The summed E-state index contributed by atoms with van der Waals surface area (Å²) in [5, 5.41) is 12.5. The van der Waals surface area contributed by atoms with Gasteiger partial charge in [0.15, 0.2) is 0 Å². The first-order chi connectivity index (χ1) is 17.9. The van der Waals surface area contributed by atoms with E-state index in [9.17, 15) is 24.5 Å². The molecule has 0 saturated carbocycles. The molecule has 184 valence electrons. The third-order valence-electron chi connectivity index (χ3n) is 6.35. The minimum atomic E-state index is -0.543. The number of hydrogen-bond acceptors (Lipinski definition) is 6. The lowest BCUT2D eigenvalue weighted by Crippen LogP contribution is -2.46. The Balaban J connectivity index is 1.49. The van der Waals surface area contributed by atoms with Crippen molar-refractivity contribution in [2.45, 2.75) is 0 Å². The van der Waals surface area contributed by atoms with Gasteiger partial charge in [-0.2, -0.15) is 0 Å². The van der Waals surface area contributed by atoms with Crippen LogP contribution in [0.15, 0.2) is 84.9 Å². The highest BCUT2D eigenvalue weighted by molar-refractivity contribution is 6.25. The number of para-hydroxylation sites is 2. The zero-order valence-corrected chi connectivity index (χ0v) is 19.8. The number of non-ortho nitro benzene ring substituents is 1. The predicted molar refractivity (Wildman–Crippen MR) is 137 cm³/mol. The lowest BCUT2D eigenvalue weighted by molar-refractivity contribution is -0.384. The highest BCUT2D eigenvalue weighted by Crippen LogP contribution is 2.32. The van der Waals surface area contributed by atoms with E-state index in [1.165, 1.54) is 36.3 Å². The molecule has 0 saturated heterocycles. The number of nitro groups is 1. The summed E-state index contributed by atoms with van der Waals surface area (Å²) in [6, 6.07) is 22.8. The smallest absolute Gasteiger partial charge is 0.269 e. The molecule has 1 heterocycles. The Morgan fingerprint density at radius 1 is 0.892 bits per heavy atom. The number of anilines is 1. The molecule has 9 nitrogen and oxygen atoms in total. The summed E-state index contributed by atoms with van der Waals surface area (Å²) in [7, 11) is 1.47. The Morgan fingerprint density at radius 2 is 1.51 bits per heavy atom. The number of carbonyl (C=O) groups excluding carboxylic acids is 3. The van der Waals surface area contributed by atoms with Gasteiger partial charge in [0.05, 0.1) is 17.7 Å². The van der Waals surface area contributed by atoms with E-state index in [0.29, 0.717) is 28.0 Å². The second-order valence-electron chi connectivity index (χ2n) is 8.40. The fourth-order valence-electron chi connectivity index (χ4n) is 4.55. The van der Waals surface area contributed by atoms with Gasteiger partial charge in [-0.15, -0.1) is 0 Å². The van der Waals surface area contributed by atoms with E-state index in [4.69, 9.17) is 4.74 Å². The molecule has 0 radical (unpaired) electrons. The number of imide groups is 1. The normalized spacial score (nSPS) is 12.5. The first kappa shape index (κ1) is 23.7. The lowest BCUT2D eigenvalue weighted by Gasteiger charge is -2.30. The van der Waals surface area contributed by atoms with Crippen LogP contribution in [-0.2, 0) is 0 Å². The molecule has 9 heteroatoms. The standard InChI is InChI=1S/C28H21N3O6/c1-37-24-11-3-2-10-23(24)29(26(32)19-12-14-20(15-13-19)31(35)36)16-17-30-27(33)21-8-4-6-18-7-5-9-22(25(18)21)28(30)34/h2-15H,16-17H2,1H3. The number of ether oxygens (including phenoxy) is 1. The molecule has 4 aromatic rings. The first-order valence-corrected chi connectivity index (χ1v) is 11.5. The van der Waals surface area contributed by atoms with Crippen molar-refractivity contribution in [3.8, 4) is 5.75 Å². The fourth-order valence-corrected chi connectivity index (χ4v) is 4.55. The topological polar surface area (TPSA) is 110 Å². The number of nitro benzene ring substituents is 1. The van der Waals surface area contributed by atoms with Gasteiger partial charge >= 0.3 is 0 Å².